The first-order chi connectivity index (χ1) is 10.7. The summed E-state index contributed by atoms with van der Waals surface area (Å²) in [5, 5.41) is 14.1. The van der Waals surface area contributed by atoms with Crippen molar-refractivity contribution in [1.29, 1.82) is 0 Å². The molecule has 1 aromatic rings. The van der Waals surface area contributed by atoms with Crippen LogP contribution in [0.15, 0.2) is 24.3 Å². The molecule has 0 aromatic heterocycles. The highest BCUT2D eigenvalue weighted by atomic mass is 16.3. The van der Waals surface area contributed by atoms with E-state index < -0.39 is 0 Å². The number of likely N-dealkylation sites (tertiary alicyclic amines) is 1. The third-order valence-corrected chi connectivity index (χ3v) is 4.27. The Labute approximate surface area is 132 Å². The molecule has 5 nitrogen and oxygen atoms in total. The van der Waals surface area contributed by atoms with Gasteiger partial charge in [-0.15, -0.1) is 0 Å². The minimum absolute atomic E-state index is 0.0448. The lowest BCUT2D eigenvalue weighted by Gasteiger charge is -2.33. The number of urea groups is 1. The number of benzene rings is 1. The molecule has 0 aliphatic carbocycles. The van der Waals surface area contributed by atoms with Crippen molar-refractivity contribution in [3.05, 3.63) is 35.4 Å². The number of rotatable bonds is 6. The van der Waals surface area contributed by atoms with Gasteiger partial charge in [-0.05, 0) is 37.4 Å². The predicted molar refractivity (Wildman–Crippen MR) is 87.5 cm³/mol. The normalized spacial score (nSPS) is 18.9. The van der Waals surface area contributed by atoms with Crippen LogP contribution in [0, 0.1) is 0 Å². The summed E-state index contributed by atoms with van der Waals surface area (Å²) in [4.78, 5) is 14.1. The summed E-state index contributed by atoms with van der Waals surface area (Å²) in [5.41, 5.74) is 2.43. The van der Waals surface area contributed by atoms with Crippen molar-refractivity contribution >= 4 is 6.03 Å². The van der Waals surface area contributed by atoms with Gasteiger partial charge in [-0.25, -0.2) is 4.79 Å². The first-order valence-corrected chi connectivity index (χ1v) is 8.14. The number of amides is 2. The Bertz CT molecular complexity index is 479. The zero-order valence-electron chi connectivity index (χ0n) is 13.3. The minimum Gasteiger partial charge on any atom is -0.395 e. The largest absolute Gasteiger partial charge is 0.395 e. The van der Waals surface area contributed by atoms with Crippen LogP contribution in [0.25, 0.3) is 0 Å². The van der Waals surface area contributed by atoms with Crippen LogP contribution < -0.4 is 10.6 Å². The number of piperidine rings is 1. The highest BCUT2D eigenvalue weighted by Gasteiger charge is 2.19. The monoisotopic (exact) mass is 305 g/mol. The molecule has 1 atom stereocenters. The van der Waals surface area contributed by atoms with Crippen molar-refractivity contribution in [3.63, 3.8) is 0 Å². The fourth-order valence-corrected chi connectivity index (χ4v) is 2.90. The third-order valence-electron chi connectivity index (χ3n) is 4.27. The summed E-state index contributed by atoms with van der Waals surface area (Å²) >= 11 is 0. The van der Waals surface area contributed by atoms with Crippen molar-refractivity contribution in [3.8, 4) is 0 Å². The molecule has 1 heterocycles. The van der Waals surface area contributed by atoms with Crippen LogP contribution in [0.5, 0.6) is 0 Å². The van der Waals surface area contributed by atoms with E-state index in [9.17, 15) is 4.79 Å². The van der Waals surface area contributed by atoms with E-state index in [4.69, 9.17) is 5.11 Å². The standard InChI is InChI=1S/C17H27N3O2/c1-14-6-4-5-10-20(14)13-16-8-3-2-7-15(16)12-19-17(22)18-9-11-21/h2-3,7-8,14,21H,4-6,9-13H2,1H3,(H2,18,19,22). The number of carbonyl (C=O) groups is 1. The zero-order valence-corrected chi connectivity index (χ0v) is 13.3. The Hall–Kier alpha value is -1.59. The smallest absolute Gasteiger partial charge is 0.315 e. The van der Waals surface area contributed by atoms with E-state index in [1.165, 1.54) is 24.8 Å². The molecule has 22 heavy (non-hydrogen) atoms. The molecule has 1 aliphatic rings. The third kappa shape index (κ3) is 5.00. The summed E-state index contributed by atoms with van der Waals surface area (Å²) in [6.07, 6.45) is 3.87. The summed E-state index contributed by atoms with van der Waals surface area (Å²) in [7, 11) is 0. The molecule has 5 heteroatoms. The maximum absolute atomic E-state index is 11.6. The van der Waals surface area contributed by atoms with Crippen LogP contribution in [-0.4, -0.2) is 41.8 Å². The van der Waals surface area contributed by atoms with E-state index in [0.29, 0.717) is 12.6 Å². The molecule has 0 saturated carbocycles. The highest BCUT2D eigenvalue weighted by molar-refractivity contribution is 5.73. The molecule has 1 aliphatic heterocycles. The number of hydrogen-bond acceptors (Lipinski definition) is 3. The van der Waals surface area contributed by atoms with Gasteiger partial charge in [-0.2, -0.15) is 0 Å². The van der Waals surface area contributed by atoms with Crippen LogP contribution in [0.4, 0.5) is 4.79 Å². The highest BCUT2D eigenvalue weighted by Crippen LogP contribution is 2.20. The molecule has 1 aromatic carbocycles. The average molecular weight is 305 g/mol. The number of hydrogen-bond donors (Lipinski definition) is 3. The van der Waals surface area contributed by atoms with E-state index in [1.54, 1.807) is 0 Å². The van der Waals surface area contributed by atoms with Gasteiger partial charge >= 0.3 is 6.03 Å². The summed E-state index contributed by atoms with van der Waals surface area (Å²) in [6, 6.07) is 8.66. The van der Waals surface area contributed by atoms with E-state index in [-0.39, 0.29) is 19.2 Å². The lowest BCUT2D eigenvalue weighted by Crippen LogP contribution is -2.38. The second-order valence-corrected chi connectivity index (χ2v) is 5.92. The van der Waals surface area contributed by atoms with Crippen molar-refractivity contribution < 1.29 is 9.90 Å². The summed E-state index contributed by atoms with van der Waals surface area (Å²) in [6.45, 7) is 5.13. The molecule has 1 saturated heterocycles. The Morgan fingerprint density at radius 2 is 2.05 bits per heavy atom. The van der Waals surface area contributed by atoms with Gasteiger partial charge < -0.3 is 15.7 Å². The molecule has 1 fully saturated rings. The van der Waals surface area contributed by atoms with E-state index in [2.05, 4.69) is 40.7 Å². The molecule has 122 valence electrons. The van der Waals surface area contributed by atoms with Crippen molar-refractivity contribution in [1.82, 2.24) is 15.5 Å². The summed E-state index contributed by atoms with van der Waals surface area (Å²) in [5.74, 6) is 0. The number of nitrogens with zero attached hydrogens (tertiary/aromatic N) is 1. The van der Waals surface area contributed by atoms with Gasteiger partial charge in [0.1, 0.15) is 0 Å². The fourth-order valence-electron chi connectivity index (χ4n) is 2.90. The van der Waals surface area contributed by atoms with Gasteiger partial charge in [-0.1, -0.05) is 30.7 Å². The molecular formula is C17H27N3O2. The Kier molecular flexibility index (Phi) is 6.68. The molecule has 3 N–H and O–H groups in total. The zero-order chi connectivity index (χ0) is 15.8. The molecule has 2 rings (SSSR count). The average Bonchev–Trinajstić information content (AvgIpc) is 2.54. The quantitative estimate of drug-likeness (QED) is 0.751. The van der Waals surface area contributed by atoms with Crippen LogP contribution >= 0.6 is 0 Å². The van der Waals surface area contributed by atoms with Gasteiger partial charge in [0.2, 0.25) is 0 Å². The SMILES string of the molecule is CC1CCCCN1Cc1ccccc1CNC(=O)NCCO. The Morgan fingerprint density at radius 3 is 2.77 bits per heavy atom. The Balaban J connectivity index is 1.93. The molecule has 0 radical (unpaired) electrons. The summed E-state index contributed by atoms with van der Waals surface area (Å²) < 4.78 is 0. The number of aliphatic hydroxyl groups excluding tert-OH is 1. The fraction of sp³-hybridized carbons (Fsp3) is 0.588. The van der Waals surface area contributed by atoms with Crippen molar-refractivity contribution in [2.75, 3.05) is 19.7 Å². The first kappa shape index (κ1) is 16.8. The lowest BCUT2D eigenvalue weighted by atomic mass is 10.0. The molecular weight excluding hydrogens is 278 g/mol. The maximum Gasteiger partial charge on any atom is 0.315 e. The van der Waals surface area contributed by atoms with Gasteiger partial charge in [0.05, 0.1) is 6.61 Å². The predicted octanol–water partition coefficient (Wildman–Crippen LogP) is 1.85. The van der Waals surface area contributed by atoms with Gasteiger partial charge in [-0.3, -0.25) is 4.90 Å². The van der Waals surface area contributed by atoms with E-state index >= 15 is 0 Å². The van der Waals surface area contributed by atoms with Crippen LogP contribution in [0.3, 0.4) is 0 Å². The molecule has 2 amide bonds. The second kappa shape index (κ2) is 8.76. The first-order valence-electron chi connectivity index (χ1n) is 8.14. The van der Waals surface area contributed by atoms with Gasteiger partial charge in [0.15, 0.2) is 0 Å². The number of aliphatic hydroxyl groups is 1. The van der Waals surface area contributed by atoms with Crippen LogP contribution in [0.2, 0.25) is 0 Å². The maximum atomic E-state index is 11.6. The molecule has 0 bridgehead atoms. The van der Waals surface area contributed by atoms with Gasteiger partial charge in [0, 0.05) is 25.7 Å². The lowest BCUT2D eigenvalue weighted by molar-refractivity contribution is 0.152. The minimum atomic E-state index is -0.241. The van der Waals surface area contributed by atoms with Crippen molar-refractivity contribution in [2.24, 2.45) is 0 Å². The second-order valence-electron chi connectivity index (χ2n) is 5.92. The number of carbonyl (C=O) groups excluding carboxylic acids is 1. The van der Waals surface area contributed by atoms with Crippen LogP contribution in [-0.2, 0) is 13.1 Å². The molecule has 0 spiro atoms. The van der Waals surface area contributed by atoms with Crippen LogP contribution in [0.1, 0.15) is 37.3 Å². The Morgan fingerprint density at radius 1 is 1.27 bits per heavy atom. The number of nitrogens with one attached hydrogen (secondary N) is 2. The topological polar surface area (TPSA) is 64.6 Å². The van der Waals surface area contributed by atoms with E-state index in [1.807, 2.05) is 6.07 Å². The van der Waals surface area contributed by atoms with E-state index in [0.717, 1.165) is 18.7 Å². The van der Waals surface area contributed by atoms with Gasteiger partial charge in [0.25, 0.3) is 0 Å². The van der Waals surface area contributed by atoms with Crippen molar-refractivity contribution in [2.45, 2.75) is 45.3 Å². The molecule has 1 unspecified atom stereocenters.